The molecule has 0 saturated heterocycles. The Morgan fingerprint density at radius 2 is 2.00 bits per heavy atom. The quantitative estimate of drug-likeness (QED) is 0.910. The van der Waals surface area contributed by atoms with Gasteiger partial charge in [-0.25, -0.2) is 9.18 Å². The SMILES string of the molecule is Cc1ccc(Br)cc1Oc1cccc(F)c1C(=O)O. The molecule has 0 amide bonds. The number of halogens is 2. The van der Waals surface area contributed by atoms with E-state index in [0.717, 1.165) is 16.1 Å². The molecule has 2 aromatic rings. The molecule has 19 heavy (non-hydrogen) atoms. The second-order valence-corrected chi connectivity index (χ2v) is 4.85. The van der Waals surface area contributed by atoms with Gasteiger partial charge in [0.05, 0.1) is 0 Å². The molecule has 0 aliphatic heterocycles. The second-order valence-electron chi connectivity index (χ2n) is 3.93. The highest BCUT2D eigenvalue weighted by Crippen LogP contribution is 2.31. The largest absolute Gasteiger partial charge is 0.477 e. The maximum atomic E-state index is 13.5. The monoisotopic (exact) mass is 324 g/mol. The smallest absolute Gasteiger partial charge is 0.342 e. The Bertz CT molecular complexity index is 641. The van der Waals surface area contributed by atoms with Gasteiger partial charge in [-0.2, -0.15) is 0 Å². The minimum atomic E-state index is -1.36. The van der Waals surface area contributed by atoms with Crippen molar-refractivity contribution >= 4 is 21.9 Å². The molecular weight excluding hydrogens is 315 g/mol. The van der Waals surface area contributed by atoms with Crippen LogP contribution >= 0.6 is 15.9 Å². The number of aryl methyl sites for hydroxylation is 1. The van der Waals surface area contributed by atoms with Crippen molar-refractivity contribution in [1.29, 1.82) is 0 Å². The van der Waals surface area contributed by atoms with Crippen molar-refractivity contribution in [3.63, 3.8) is 0 Å². The van der Waals surface area contributed by atoms with Crippen LogP contribution in [0.4, 0.5) is 4.39 Å². The highest BCUT2D eigenvalue weighted by molar-refractivity contribution is 9.10. The van der Waals surface area contributed by atoms with Gasteiger partial charge < -0.3 is 9.84 Å². The average molecular weight is 325 g/mol. The summed E-state index contributed by atoms with van der Waals surface area (Å²) in [5.41, 5.74) is 0.352. The predicted molar refractivity (Wildman–Crippen MR) is 72.3 cm³/mol. The molecule has 0 saturated carbocycles. The summed E-state index contributed by atoms with van der Waals surface area (Å²) in [7, 11) is 0. The summed E-state index contributed by atoms with van der Waals surface area (Å²) >= 11 is 3.30. The Labute approximate surface area is 117 Å². The number of rotatable bonds is 3. The Morgan fingerprint density at radius 3 is 2.68 bits per heavy atom. The van der Waals surface area contributed by atoms with Crippen LogP contribution in [0.25, 0.3) is 0 Å². The zero-order chi connectivity index (χ0) is 14.0. The van der Waals surface area contributed by atoms with Gasteiger partial charge in [0.15, 0.2) is 0 Å². The first kappa shape index (κ1) is 13.5. The molecule has 2 rings (SSSR count). The second kappa shape index (κ2) is 5.40. The summed E-state index contributed by atoms with van der Waals surface area (Å²) in [6.45, 7) is 1.82. The molecule has 0 heterocycles. The van der Waals surface area contributed by atoms with Crippen LogP contribution in [0.5, 0.6) is 11.5 Å². The summed E-state index contributed by atoms with van der Waals surface area (Å²) in [5.74, 6) is -1.73. The van der Waals surface area contributed by atoms with Gasteiger partial charge in [-0.3, -0.25) is 0 Å². The lowest BCUT2D eigenvalue weighted by atomic mass is 10.2. The summed E-state index contributed by atoms with van der Waals surface area (Å²) in [6, 6.07) is 9.28. The van der Waals surface area contributed by atoms with Gasteiger partial charge in [0.1, 0.15) is 22.9 Å². The summed E-state index contributed by atoms with van der Waals surface area (Å²) in [5, 5.41) is 9.02. The minimum absolute atomic E-state index is 0.0197. The van der Waals surface area contributed by atoms with Crippen LogP contribution in [0, 0.1) is 12.7 Å². The number of ether oxygens (including phenoxy) is 1. The van der Waals surface area contributed by atoms with Crippen LogP contribution in [0.1, 0.15) is 15.9 Å². The number of carboxylic acids is 1. The van der Waals surface area contributed by atoms with Crippen molar-refractivity contribution < 1.29 is 19.0 Å². The van der Waals surface area contributed by atoms with Crippen LogP contribution in [0.2, 0.25) is 0 Å². The van der Waals surface area contributed by atoms with E-state index in [4.69, 9.17) is 9.84 Å². The summed E-state index contributed by atoms with van der Waals surface area (Å²) < 4.78 is 19.8. The molecule has 2 aromatic carbocycles. The number of hydrogen-bond donors (Lipinski definition) is 1. The lowest BCUT2D eigenvalue weighted by molar-refractivity contribution is 0.0689. The lowest BCUT2D eigenvalue weighted by Crippen LogP contribution is -2.03. The van der Waals surface area contributed by atoms with Gasteiger partial charge in [-0.15, -0.1) is 0 Å². The highest BCUT2D eigenvalue weighted by atomic mass is 79.9. The molecule has 0 aliphatic rings. The number of hydrogen-bond acceptors (Lipinski definition) is 2. The third-order valence-corrected chi connectivity index (χ3v) is 3.05. The maximum Gasteiger partial charge on any atom is 0.342 e. The molecule has 98 valence electrons. The van der Waals surface area contributed by atoms with Gasteiger partial charge in [-0.05, 0) is 36.8 Å². The zero-order valence-corrected chi connectivity index (χ0v) is 11.6. The molecule has 0 atom stereocenters. The number of aromatic carboxylic acids is 1. The third-order valence-electron chi connectivity index (χ3n) is 2.56. The molecule has 1 N–H and O–H groups in total. The van der Waals surface area contributed by atoms with Gasteiger partial charge in [0.25, 0.3) is 0 Å². The Balaban J connectivity index is 2.46. The lowest BCUT2D eigenvalue weighted by Gasteiger charge is -2.11. The van der Waals surface area contributed by atoms with Gasteiger partial charge in [-0.1, -0.05) is 28.1 Å². The van der Waals surface area contributed by atoms with E-state index in [-0.39, 0.29) is 5.75 Å². The van der Waals surface area contributed by atoms with Crippen molar-refractivity contribution in [1.82, 2.24) is 0 Å². The molecule has 0 aromatic heterocycles. The van der Waals surface area contributed by atoms with Gasteiger partial charge >= 0.3 is 5.97 Å². The van der Waals surface area contributed by atoms with E-state index >= 15 is 0 Å². The Kier molecular flexibility index (Phi) is 3.85. The maximum absolute atomic E-state index is 13.5. The van der Waals surface area contributed by atoms with E-state index in [0.29, 0.717) is 5.75 Å². The molecule has 0 fully saturated rings. The average Bonchev–Trinajstić information content (AvgIpc) is 2.33. The predicted octanol–water partition coefficient (Wildman–Crippen LogP) is 4.39. The van der Waals surface area contributed by atoms with E-state index < -0.39 is 17.3 Å². The number of carbonyl (C=O) groups is 1. The normalized spacial score (nSPS) is 10.3. The fraction of sp³-hybridized carbons (Fsp3) is 0.0714. The highest BCUT2D eigenvalue weighted by Gasteiger charge is 2.18. The van der Waals surface area contributed by atoms with Crippen molar-refractivity contribution in [3.05, 3.63) is 57.8 Å². The molecule has 0 spiro atoms. The van der Waals surface area contributed by atoms with Crippen molar-refractivity contribution in [2.45, 2.75) is 6.92 Å². The summed E-state index contributed by atoms with van der Waals surface area (Å²) in [6.07, 6.45) is 0. The van der Waals surface area contributed by atoms with E-state index in [9.17, 15) is 9.18 Å². The molecule has 0 unspecified atom stereocenters. The first-order valence-corrected chi connectivity index (χ1v) is 6.24. The van der Waals surface area contributed by atoms with Crippen LogP contribution in [-0.4, -0.2) is 11.1 Å². The fourth-order valence-corrected chi connectivity index (χ4v) is 1.94. The fourth-order valence-electron chi connectivity index (χ4n) is 1.60. The minimum Gasteiger partial charge on any atom is -0.477 e. The van der Waals surface area contributed by atoms with E-state index in [1.54, 1.807) is 6.07 Å². The van der Waals surface area contributed by atoms with E-state index in [2.05, 4.69) is 15.9 Å². The Morgan fingerprint density at radius 1 is 1.26 bits per heavy atom. The Hall–Kier alpha value is -1.88. The molecule has 0 bridgehead atoms. The molecular formula is C14H10BrFO3. The van der Waals surface area contributed by atoms with Crippen molar-refractivity contribution in [2.75, 3.05) is 0 Å². The van der Waals surface area contributed by atoms with Crippen LogP contribution in [-0.2, 0) is 0 Å². The molecule has 0 radical (unpaired) electrons. The molecule has 3 nitrogen and oxygen atoms in total. The first-order valence-electron chi connectivity index (χ1n) is 5.45. The van der Waals surface area contributed by atoms with Crippen LogP contribution in [0.15, 0.2) is 40.9 Å². The number of carboxylic acid groups (broad SMARTS) is 1. The van der Waals surface area contributed by atoms with E-state index in [1.807, 2.05) is 19.1 Å². The van der Waals surface area contributed by atoms with Crippen LogP contribution in [0.3, 0.4) is 0 Å². The molecule has 5 heteroatoms. The third kappa shape index (κ3) is 2.93. The first-order chi connectivity index (χ1) is 8.99. The van der Waals surface area contributed by atoms with Crippen molar-refractivity contribution in [2.24, 2.45) is 0 Å². The van der Waals surface area contributed by atoms with Gasteiger partial charge in [0.2, 0.25) is 0 Å². The van der Waals surface area contributed by atoms with Gasteiger partial charge in [0, 0.05) is 4.47 Å². The summed E-state index contributed by atoms with van der Waals surface area (Å²) in [4.78, 5) is 11.1. The topological polar surface area (TPSA) is 46.5 Å². The molecule has 0 aliphatic carbocycles. The standard InChI is InChI=1S/C14H10BrFO3/c1-8-5-6-9(15)7-12(8)19-11-4-2-3-10(16)13(11)14(17)18/h2-7H,1H3,(H,17,18). The number of benzene rings is 2. The van der Waals surface area contributed by atoms with Crippen LogP contribution < -0.4 is 4.74 Å². The van der Waals surface area contributed by atoms with E-state index in [1.165, 1.54) is 12.1 Å². The zero-order valence-electron chi connectivity index (χ0n) is 9.98. The van der Waals surface area contributed by atoms with Crippen molar-refractivity contribution in [3.8, 4) is 11.5 Å².